The maximum Gasteiger partial charge on any atom is 0.306 e. The summed E-state index contributed by atoms with van der Waals surface area (Å²) >= 11 is 0. The van der Waals surface area contributed by atoms with E-state index < -0.39 is 6.10 Å². The quantitative estimate of drug-likeness (QED) is 0.0345. The normalized spacial score (nSPS) is 12.9. The van der Waals surface area contributed by atoms with Crippen LogP contribution in [0.25, 0.3) is 0 Å². The first-order chi connectivity index (χ1) is 36.6. The van der Waals surface area contributed by atoms with Crippen LogP contribution < -0.4 is 0 Å². The first-order valence-corrected chi connectivity index (χ1v) is 31.8. The Morgan fingerprint density at radius 3 is 1.03 bits per heavy atom. The second-order valence-electron chi connectivity index (χ2n) is 20.9. The predicted molar refractivity (Wildman–Crippen MR) is 325 cm³/mol. The Morgan fingerprint density at radius 1 is 0.311 bits per heavy atom. The summed E-state index contributed by atoms with van der Waals surface area (Å²) in [7, 11) is 0. The molecule has 0 heterocycles. The van der Waals surface area contributed by atoms with Crippen molar-refractivity contribution in [1.82, 2.24) is 0 Å². The molecule has 0 rings (SSSR count). The van der Waals surface area contributed by atoms with Gasteiger partial charge in [0.25, 0.3) is 0 Å². The molecule has 5 heteroatoms. The molecule has 1 atom stereocenters. The van der Waals surface area contributed by atoms with Crippen molar-refractivity contribution in [1.29, 1.82) is 0 Å². The molecular weight excluding hydrogens is 909 g/mol. The van der Waals surface area contributed by atoms with Crippen LogP contribution in [0.3, 0.4) is 0 Å². The zero-order chi connectivity index (χ0) is 53.4. The summed E-state index contributed by atoms with van der Waals surface area (Å²) in [5, 5.41) is 0. The molecule has 74 heavy (non-hydrogen) atoms. The summed E-state index contributed by atoms with van der Waals surface area (Å²) in [4.78, 5) is 25.6. The van der Waals surface area contributed by atoms with Crippen LogP contribution in [0, 0.1) is 0 Å². The number of allylic oxidation sites excluding steroid dienone is 16. The number of esters is 2. The fraction of sp³-hybridized carbons (Fsp3) is 0.739. The maximum absolute atomic E-state index is 12.9. The first kappa shape index (κ1) is 70.8. The van der Waals surface area contributed by atoms with Gasteiger partial charge in [0, 0.05) is 19.4 Å². The van der Waals surface area contributed by atoms with Crippen molar-refractivity contribution in [3.63, 3.8) is 0 Å². The van der Waals surface area contributed by atoms with Crippen LogP contribution in [0.15, 0.2) is 97.2 Å². The molecule has 0 N–H and O–H groups in total. The van der Waals surface area contributed by atoms with E-state index in [1.54, 1.807) is 0 Å². The average Bonchev–Trinajstić information content (AvgIpc) is 3.40. The van der Waals surface area contributed by atoms with Crippen LogP contribution in [0.5, 0.6) is 0 Å². The number of unbranched alkanes of at least 4 members (excludes halogenated alkanes) is 31. The molecule has 0 spiro atoms. The van der Waals surface area contributed by atoms with Gasteiger partial charge < -0.3 is 14.2 Å². The number of hydrogen-bond donors (Lipinski definition) is 0. The highest BCUT2D eigenvalue weighted by Gasteiger charge is 2.17. The monoisotopic (exact) mass is 1030 g/mol. The Kier molecular flexibility index (Phi) is 61.4. The summed E-state index contributed by atoms with van der Waals surface area (Å²) in [6.45, 7) is 7.68. The SMILES string of the molecule is CC/C=C\C/C=C\C/C=C\C/C=C\C/C=C\CCCCCC(=O)OCC(COCCCCCCCCCCCC/C=C\C/C=C\CCCCC)OC(=O)CCCCCCCCCCC/C=C\CCCCCCCC. The number of carbonyl (C=O) groups is 2. The van der Waals surface area contributed by atoms with Gasteiger partial charge in [0.15, 0.2) is 6.10 Å². The van der Waals surface area contributed by atoms with Gasteiger partial charge in [0.2, 0.25) is 0 Å². The molecule has 0 saturated heterocycles. The average molecular weight is 1030 g/mol. The summed E-state index contributed by atoms with van der Waals surface area (Å²) in [5.74, 6) is -0.431. The third kappa shape index (κ3) is 61.4. The number of carbonyl (C=O) groups excluding carboxylic acids is 2. The maximum atomic E-state index is 12.9. The van der Waals surface area contributed by atoms with Crippen LogP contribution in [-0.4, -0.2) is 37.9 Å². The van der Waals surface area contributed by atoms with Crippen molar-refractivity contribution in [3.05, 3.63) is 97.2 Å². The molecule has 426 valence electrons. The number of rotatable bonds is 58. The van der Waals surface area contributed by atoms with Crippen molar-refractivity contribution >= 4 is 11.9 Å². The smallest absolute Gasteiger partial charge is 0.306 e. The van der Waals surface area contributed by atoms with Gasteiger partial charge in [-0.05, 0) is 122 Å². The zero-order valence-corrected chi connectivity index (χ0v) is 49.1. The minimum Gasteiger partial charge on any atom is -0.462 e. The van der Waals surface area contributed by atoms with Crippen molar-refractivity contribution in [2.75, 3.05) is 19.8 Å². The molecule has 0 bridgehead atoms. The minimum atomic E-state index is -0.559. The lowest BCUT2D eigenvalue weighted by atomic mass is 10.1. The molecule has 0 amide bonds. The van der Waals surface area contributed by atoms with Crippen LogP contribution in [0.2, 0.25) is 0 Å². The highest BCUT2D eigenvalue weighted by atomic mass is 16.6. The predicted octanol–water partition coefficient (Wildman–Crippen LogP) is 22.1. The van der Waals surface area contributed by atoms with Crippen molar-refractivity contribution in [2.45, 2.75) is 309 Å². The Labute approximate surface area is 460 Å². The molecule has 5 nitrogen and oxygen atoms in total. The summed E-state index contributed by atoms with van der Waals surface area (Å²) in [6, 6.07) is 0. The Balaban J connectivity index is 4.35. The molecule has 1 unspecified atom stereocenters. The van der Waals surface area contributed by atoms with E-state index >= 15 is 0 Å². The second-order valence-corrected chi connectivity index (χ2v) is 20.9. The minimum absolute atomic E-state index is 0.0631. The van der Waals surface area contributed by atoms with E-state index in [0.29, 0.717) is 19.4 Å². The lowest BCUT2D eigenvalue weighted by molar-refractivity contribution is -0.163. The molecular formula is C69H120O5. The fourth-order valence-corrected chi connectivity index (χ4v) is 8.86. The van der Waals surface area contributed by atoms with Gasteiger partial charge in [0.1, 0.15) is 6.61 Å². The third-order valence-electron chi connectivity index (χ3n) is 13.6. The fourth-order valence-electron chi connectivity index (χ4n) is 8.86. The van der Waals surface area contributed by atoms with Gasteiger partial charge in [0.05, 0.1) is 6.61 Å². The van der Waals surface area contributed by atoms with Crippen molar-refractivity contribution in [3.8, 4) is 0 Å². The van der Waals surface area contributed by atoms with E-state index in [9.17, 15) is 9.59 Å². The summed E-state index contributed by atoms with van der Waals surface area (Å²) < 4.78 is 17.5. The topological polar surface area (TPSA) is 61.8 Å². The molecule has 0 fully saturated rings. The lowest BCUT2D eigenvalue weighted by Crippen LogP contribution is -2.30. The third-order valence-corrected chi connectivity index (χ3v) is 13.6. The molecule has 0 radical (unpaired) electrons. The molecule has 0 aromatic rings. The van der Waals surface area contributed by atoms with Gasteiger partial charge >= 0.3 is 11.9 Å². The van der Waals surface area contributed by atoms with Crippen molar-refractivity contribution in [2.24, 2.45) is 0 Å². The molecule has 0 aromatic carbocycles. The zero-order valence-electron chi connectivity index (χ0n) is 49.1. The van der Waals surface area contributed by atoms with Crippen LogP contribution in [0.1, 0.15) is 303 Å². The van der Waals surface area contributed by atoms with Gasteiger partial charge in [-0.1, -0.05) is 266 Å². The molecule has 0 aromatic heterocycles. The second kappa shape index (κ2) is 64.1. The van der Waals surface area contributed by atoms with Crippen LogP contribution >= 0.6 is 0 Å². The Bertz CT molecular complexity index is 1400. The molecule has 0 saturated carbocycles. The van der Waals surface area contributed by atoms with E-state index in [2.05, 4.69) is 118 Å². The summed E-state index contributed by atoms with van der Waals surface area (Å²) in [6.07, 6.45) is 87.3. The Hall–Kier alpha value is -3.18. The van der Waals surface area contributed by atoms with Crippen LogP contribution in [0.4, 0.5) is 0 Å². The van der Waals surface area contributed by atoms with E-state index in [4.69, 9.17) is 14.2 Å². The van der Waals surface area contributed by atoms with Gasteiger partial charge in [-0.15, -0.1) is 0 Å². The van der Waals surface area contributed by atoms with Gasteiger partial charge in [-0.25, -0.2) is 0 Å². The largest absolute Gasteiger partial charge is 0.462 e. The highest BCUT2D eigenvalue weighted by Crippen LogP contribution is 2.15. The van der Waals surface area contributed by atoms with E-state index in [1.165, 1.54) is 173 Å². The Morgan fingerprint density at radius 2 is 0.608 bits per heavy atom. The highest BCUT2D eigenvalue weighted by molar-refractivity contribution is 5.70. The van der Waals surface area contributed by atoms with E-state index in [-0.39, 0.29) is 25.2 Å². The summed E-state index contributed by atoms with van der Waals surface area (Å²) in [5.41, 5.74) is 0. The van der Waals surface area contributed by atoms with Gasteiger partial charge in [-0.3, -0.25) is 9.59 Å². The first-order valence-electron chi connectivity index (χ1n) is 31.8. The lowest BCUT2D eigenvalue weighted by Gasteiger charge is -2.18. The standard InChI is InChI=1S/C69H120O5/c1-4-7-10-13-16-19-22-25-28-31-34-37-40-43-46-49-52-55-58-61-64-72-65-67(74-69(71)63-60-57-54-51-48-45-42-39-36-33-30-27-24-21-18-15-12-9-6-3)66-73-68(70)62-59-56-53-50-47-44-41-38-35-32-29-26-23-20-17-14-11-8-5-2/h8,11,16-17,19-20,25-30,35,38,44,47,67H,4-7,9-10,12-15,18,21-24,31-34,36-37,39-43,45-46,48-66H2,1-3H3/b11-8-,19-16-,20-17-,28-25-,29-26-,30-27-,38-35-,47-44-. The molecule has 0 aliphatic heterocycles. The number of ether oxygens (including phenoxy) is 3. The van der Waals surface area contributed by atoms with Gasteiger partial charge in [-0.2, -0.15) is 0 Å². The molecule has 0 aliphatic carbocycles. The van der Waals surface area contributed by atoms with E-state index in [1.807, 2.05) is 0 Å². The molecule has 0 aliphatic rings. The van der Waals surface area contributed by atoms with E-state index in [0.717, 1.165) is 96.3 Å². The van der Waals surface area contributed by atoms with Crippen molar-refractivity contribution < 1.29 is 23.8 Å². The van der Waals surface area contributed by atoms with Crippen LogP contribution in [-0.2, 0) is 23.8 Å². The number of hydrogen-bond acceptors (Lipinski definition) is 5.